The zero-order chi connectivity index (χ0) is 20.4. The molecule has 1 amide bonds. The number of nitro benzene ring substituents is 1. The molecule has 1 saturated heterocycles. The summed E-state index contributed by atoms with van der Waals surface area (Å²) in [6, 6.07) is 6.64. The van der Waals surface area contributed by atoms with E-state index in [9.17, 15) is 14.9 Å². The van der Waals surface area contributed by atoms with Gasteiger partial charge >= 0.3 is 6.09 Å². The van der Waals surface area contributed by atoms with Gasteiger partial charge in [-0.3, -0.25) is 10.1 Å². The van der Waals surface area contributed by atoms with E-state index in [1.807, 2.05) is 0 Å². The molecule has 10 heteroatoms. The minimum atomic E-state index is -0.411. The number of piperidine rings is 1. The highest BCUT2D eigenvalue weighted by molar-refractivity contribution is 14.0. The molecule has 29 heavy (non-hydrogen) atoms. The highest BCUT2D eigenvalue weighted by Gasteiger charge is 2.24. The summed E-state index contributed by atoms with van der Waals surface area (Å²) in [5, 5.41) is 17.5. The lowest BCUT2D eigenvalue weighted by Crippen LogP contribution is -2.50. The van der Waals surface area contributed by atoms with E-state index in [4.69, 9.17) is 4.74 Å². The average Bonchev–Trinajstić information content (AvgIpc) is 2.71. The number of carbonyl (C=O) groups is 1. The number of nitrogens with one attached hydrogen (secondary N) is 2. The lowest BCUT2D eigenvalue weighted by molar-refractivity contribution is -0.384. The highest BCUT2D eigenvalue weighted by Crippen LogP contribution is 2.13. The van der Waals surface area contributed by atoms with Crippen LogP contribution in [0.3, 0.4) is 0 Å². The number of likely N-dealkylation sites (tertiary alicyclic amines) is 1. The molecule has 1 aromatic rings. The van der Waals surface area contributed by atoms with E-state index in [-0.39, 0.29) is 41.8 Å². The van der Waals surface area contributed by atoms with Gasteiger partial charge in [0.25, 0.3) is 5.69 Å². The maximum absolute atomic E-state index is 11.8. The molecule has 1 aromatic carbocycles. The topological polar surface area (TPSA) is 109 Å². The summed E-state index contributed by atoms with van der Waals surface area (Å²) in [7, 11) is 0. The molecule has 0 radical (unpaired) electrons. The van der Waals surface area contributed by atoms with Crippen molar-refractivity contribution in [1.29, 1.82) is 0 Å². The number of benzene rings is 1. The van der Waals surface area contributed by atoms with Gasteiger partial charge in [0, 0.05) is 37.8 Å². The maximum atomic E-state index is 11.8. The molecule has 9 nitrogen and oxygen atoms in total. The number of amides is 1. The van der Waals surface area contributed by atoms with E-state index in [1.165, 1.54) is 12.1 Å². The predicted octanol–water partition coefficient (Wildman–Crippen LogP) is 3.28. The summed E-state index contributed by atoms with van der Waals surface area (Å²) in [6.07, 6.45) is 2.36. The summed E-state index contributed by atoms with van der Waals surface area (Å²) < 4.78 is 5.05. The molecule has 2 rings (SSSR count). The van der Waals surface area contributed by atoms with Crippen LogP contribution in [-0.2, 0) is 11.3 Å². The molecule has 0 bridgehead atoms. The van der Waals surface area contributed by atoms with Crippen molar-refractivity contribution in [3.05, 3.63) is 39.9 Å². The second-order valence-corrected chi connectivity index (χ2v) is 6.62. The quantitative estimate of drug-likeness (QED) is 0.188. The van der Waals surface area contributed by atoms with Crippen molar-refractivity contribution in [3.63, 3.8) is 0 Å². The Hall–Kier alpha value is -2.11. The molecule has 0 spiro atoms. The first-order valence-corrected chi connectivity index (χ1v) is 9.73. The smallest absolute Gasteiger partial charge is 0.409 e. The van der Waals surface area contributed by atoms with Crippen molar-refractivity contribution in [2.75, 3.05) is 26.2 Å². The number of aliphatic imine (C=N–C) groups is 1. The van der Waals surface area contributed by atoms with Gasteiger partial charge in [-0.25, -0.2) is 9.79 Å². The minimum absolute atomic E-state index is 0. The van der Waals surface area contributed by atoms with Gasteiger partial charge in [-0.2, -0.15) is 0 Å². The molecule has 0 aliphatic carbocycles. The van der Waals surface area contributed by atoms with Gasteiger partial charge in [-0.15, -0.1) is 24.0 Å². The second kappa shape index (κ2) is 13.2. The fourth-order valence-electron chi connectivity index (χ4n) is 2.90. The first-order chi connectivity index (χ1) is 13.5. The molecule has 162 valence electrons. The summed E-state index contributed by atoms with van der Waals surface area (Å²) in [4.78, 5) is 28.5. The number of non-ortho nitro benzene ring substituents is 1. The third-order valence-corrected chi connectivity index (χ3v) is 4.47. The van der Waals surface area contributed by atoms with Crippen LogP contribution in [0.25, 0.3) is 0 Å². The van der Waals surface area contributed by atoms with Gasteiger partial charge < -0.3 is 20.3 Å². The first-order valence-electron chi connectivity index (χ1n) is 9.73. The van der Waals surface area contributed by atoms with E-state index in [2.05, 4.69) is 22.5 Å². The number of ether oxygens (including phenoxy) is 1. The Bertz CT molecular complexity index is 676. The maximum Gasteiger partial charge on any atom is 0.409 e. The van der Waals surface area contributed by atoms with Crippen molar-refractivity contribution >= 4 is 41.7 Å². The Morgan fingerprint density at radius 2 is 1.93 bits per heavy atom. The number of carbonyl (C=O) groups excluding carboxylic acids is 1. The van der Waals surface area contributed by atoms with Crippen LogP contribution in [0.4, 0.5) is 10.5 Å². The molecular weight excluding hydrogens is 489 g/mol. The van der Waals surface area contributed by atoms with Crippen LogP contribution in [-0.4, -0.2) is 54.2 Å². The lowest BCUT2D eigenvalue weighted by Gasteiger charge is -2.32. The van der Waals surface area contributed by atoms with E-state index in [0.29, 0.717) is 26.2 Å². The molecule has 2 N–H and O–H groups in total. The van der Waals surface area contributed by atoms with Crippen LogP contribution in [0.1, 0.15) is 38.7 Å². The second-order valence-electron chi connectivity index (χ2n) is 6.62. The molecule has 0 saturated carbocycles. The van der Waals surface area contributed by atoms with Gasteiger partial charge in [0.05, 0.1) is 18.1 Å². The number of hydrogen-bond donors (Lipinski definition) is 2. The monoisotopic (exact) mass is 519 g/mol. The number of halogens is 1. The summed E-state index contributed by atoms with van der Waals surface area (Å²) in [6.45, 7) is 6.81. The van der Waals surface area contributed by atoms with Crippen LogP contribution in [0, 0.1) is 10.1 Å². The van der Waals surface area contributed by atoms with E-state index >= 15 is 0 Å². The number of hydrogen-bond acceptors (Lipinski definition) is 5. The molecular formula is C19H30IN5O4. The molecule has 1 heterocycles. The zero-order valence-electron chi connectivity index (χ0n) is 16.9. The van der Waals surface area contributed by atoms with Gasteiger partial charge in [-0.1, -0.05) is 19.1 Å². The Morgan fingerprint density at radius 3 is 2.48 bits per heavy atom. The third kappa shape index (κ3) is 8.42. The van der Waals surface area contributed by atoms with Crippen molar-refractivity contribution in [2.45, 2.75) is 45.7 Å². The summed E-state index contributed by atoms with van der Waals surface area (Å²) >= 11 is 0. The third-order valence-electron chi connectivity index (χ3n) is 4.47. The molecule has 1 fully saturated rings. The zero-order valence-corrected chi connectivity index (χ0v) is 19.3. The van der Waals surface area contributed by atoms with Crippen molar-refractivity contribution < 1.29 is 14.5 Å². The molecule has 1 aliphatic heterocycles. The fraction of sp³-hybridized carbons (Fsp3) is 0.579. The SMILES string of the molecule is CCCNC(=NCc1ccc([N+](=O)[O-])cc1)NC1CCN(C(=O)OCC)CC1.I. The van der Waals surface area contributed by atoms with Crippen LogP contribution in [0.5, 0.6) is 0 Å². The molecule has 1 aliphatic rings. The standard InChI is InChI=1S/C19H29N5O4.HI/c1-3-11-20-18(21-14-15-5-7-17(8-6-15)24(26)27)22-16-9-12-23(13-10-16)19(25)28-4-2;/h5-8,16H,3-4,9-14H2,1-2H3,(H2,20,21,22);1H. The largest absolute Gasteiger partial charge is 0.450 e. The number of guanidine groups is 1. The minimum Gasteiger partial charge on any atom is -0.450 e. The van der Waals surface area contributed by atoms with Gasteiger partial charge in [0.2, 0.25) is 0 Å². The highest BCUT2D eigenvalue weighted by atomic mass is 127. The number of nitrogens with zero attached hydrogens (tertiary/aromatic N) is 3. The Balaban J connectivity index is 0.00000420. The van der Waals surface area contributed by atoms with E-state index in [0.717, 1.165) is 37.3 Å². The molecule has 0 atom stereocenters. The molecule has 0 aromatic heterocycles. The number of nitro groups is 1. The summed E-state index contributed by atoms with van der Waals surface area (Å²) in [5.74, 6) is 0.717. The van der Waals surface area contributed by atoms with Gasteiger partial charge in [-0.05, 0) is 31.7 Å². The lowest BCUT2D eigenvalue weighted by atomic mass is 10.1. The van der Waals surface area contributed by atoms with Crippen LogP contribution in [0.2, 0.25) is 0 Å². The Labute approximate surface area is 188 Å². The predicted molar refractivity (Wildman–Crippen MR) is 123 cm³/mol. The number of rotatable bonds is 7. The van der Waals surface area contributed by atoms with E-state index in [1.54, 1.807) is 24.0 Å². The molecule has 0 unspecified atom stereocenters. The van der Waals surface area contributed by atoms with Gasteiger partial charge in [0.15, 0.2) is 5.96 Å². The summed E-state index contributed by atoms with van der Waals surface area (Å²) in [5.41, 5.74) is 0.976. The van der Waals surface area contributed by atoms with Crippen molar-refractivity contribution in [1.82, 2.24) is 15.5 Å². The van der Waals surface area contributed by atoms with Crippen molar-refractivity contribution in [2.24, 2.45) is 4.99 Å². The Kier molecular flexibility index (Phi) is 11.3. The van der Waals surface area contributed by atoms with Crippen molar-refractivity contribution in [3.8, 4) is 0 Å². The van der Waals surface area contributed by atoms with Crippen LogP contribution < -0.4 is 10.6 Å². The normalized spacial score (nSPS) is 14.7. The van der Waals surface area contributed by atoms with E-state index < -0.39 is 4.92 Å². The first kappa shape index (κ1) is 24.9. The average molecular weight is 519 g/mol. The van der Waals surface area contributed by atoms with Crippen LogP contribution in [0.15, 0.2) is 29.3 Å². The van der Waals surface area contributed by atoms with Gasteiger partial charge in [0.1, 0.15) is 0 Å². The van der Waals surface area contributed by atoms with Crippen LogP contribution >= 0.6 is 24.0 Å². The fourth-order valence-corrected chi connectivity index (χ4v) is 2.90. The Morgan fingerprint density at radius 1 is 1.28 bits per heavy atom.